The molecule has 3 saturated heterocycles. The molecule has 1 amide bonds. The van der Waals surface area contributed by atoms with E-state index in [1.54, 1.807) is 11.0 Å². The Morgan fingerprint density at radius 3 is 2.43 bits per heavy atom. The number of nitrogens with zero attached hydrogens (tertiary/aromatic N) is 3. The molecule has 9 nitrogen and oxygen atoms in total. The van der Waals surface area contributed by atoms with Crippen LogP contribution in [0.4, 0.5) is 5.69 Å². The number of primary sulfonamides is 1. The zero-order valence-corrected chi connectivity index (χ0v) is 18.0. The molecule has 1 aromatic carbocycles. The smallest absolute Gasteiger partial charge is 0.256 e. The number of carbonyl (C=O) groups is 1. The van der Waals surface area contributed by atoms with E-state index in [9.17, 15) is 13.2 Å². The fourth-order valence-corrected chi connectivity index (χ4v) is 4.86. The number of hydrogen-bond acceptors (Lipinski definition) is 7. The summed E-state index contributed by atoms with van der Waals surface area (Å²) in [6.07, 6.45) is 2.52. The first-order chi connectivity index (χ1) is 14.4. The lowest BCUT2D eigenvalue weighted by molar-refractivity contribution is 0.0432. The predicted octanol–water partition coefficient (Wildman–Crippen LogP) is 0.107. The molecule has 0 unspecified atom stereocenters. The molecule has 0 saturated carbocycles. The third-order valence-corrected chi connectivity index (χ3v) is 6.94. The second-order valence-electron chi connectivity index (χ2n) is 8.05. The fourth-order valence-electron chi connectivity index (χ4n) is 4.32. The summed E-state index contributed by atoms with van der Waals surface area (Å²) in [5, 5.41) is 5.32. The molecule has 30 heavy (non-hydrogen) atoms. The molecular weight excluding hydrogens is 408 g/mol. The van der Waals surface area contributed by atoms with Gasteiger partial charge in [-0.3, -0.25) is 9.69 Å². The van der Waals surface area contributed by atoms with Crippen molar-refractivity contribution in [2.24, 2.45) is 5.14 Å². The van der Waals surface area contributed by atoms with Crippen molar-refractivity contribution in [3.8, 4) is 0 Å². The first kappa shape index (κ1) is 21.5. The van der Waals surface area contributed by atoms with Gasteiger partial charge in [-0.2, -0.15) is 0 Å². The maximum atomic E-state index is 13.4. The average molecular weight is 439 g/mol. The van der Waals surface area contributed by atoms with Crippen LogP contribution in [0.2, 0.25) is 0 Å². The standard InChI is InChI=1S/C20H30N4O5S/c21-30(26,27)17-3-4-19(23-9-12-28-13-10-23)18(14-17)20(25)24-7-5-22(6-8-24)15-16-2-1-11-29-16/h3-4,14,16H,1-2,5-13,15H2,(H2,21,26,27)/t16-/m1/s1. The van der Waals surface area contributed by atoms with Crippen LogP contribution in [0.25, 0.3) is 0 Å². The molecule has 0 radical (unpaired) electrons. The quantitative estimate of drug-likeness (QED) is 0.695. The van der Waals surface area contributed by atoms with E-state index in [0.717, 1.165) is 44.8 Å². The third kappa shape index (κ3) is 4.94. The SMILES string of the molecule is NS(=O)(=O)c1ccc(N2CCOCC2)c(C(=O)N2CCN(C[C@H]3CCCO3)CC2)c1. The summed E-state index contributed by atoms with van der Waals surface area (Å²) in [5.41, 5.74) is 1.12. The number of hydrogen-bond donors (Lipinski definition) is 1. The number of piperazine rings is 1. The number of morpholine rings is 1. The van der Waals surface area contributed by atoms with Crippen LogP contribution in [0, 0.1) is 0 Å². The van der Waals surface area contributed by atoms with Gasteiger partial charge >= 0.3 is 0 Å². The summed E-state index contributed by atoms with van der Waals surface area (Å²) < 4.78 is 34.9. The fraction of sp³-hybridized carbons (Fsp3) is 0.650. The molecule has 0 aliphatic carbocycles. The van der Waals surface area contributed by atoms with E-state index in [4.69, 9.17) is 14.6 Å². The Morgan fingerprint density at radius 2 is 1.80 bits per heavy atom. The second kappa shape index (κ2) is 9.19. The van der Waals surface area contributed by atoms with Crippen molar-refractivity contribution in [2.45, 2.75) is 23.8 Å². The summed E-state index contributed by atoms with van der Waals surface area (Å²) in [6.45, 7) is 6.99. The minimum Gasteiger partial charge on any atom is -0.378 e. The van der Waals surface area contributed by atoms with Gasteiger partial charge in [0, 0.05) is 58.1 Å². The highest BCUT2D eigenvalue weighted by Crippen LogP contribution is 2.27. The number of sulfonamides is 1. The van der Waals surface area contributed by atoms with Crippen molar-refractivity contribution < 1.29 is 22.7 Å². The molecule has 4 rings (SSSR count). The number of nitrogens with two attached hydrogens (primary N) is 1. The monoisotopic (exact) mass is 438 g/mol. The molecule has 166 valence electrons. The lowest BCUT2D eigenvalue weighted by Gasteiger charge is -2.37. The summed E-state index contributed by atoms with van der Waals surface area (Å²) in [5.74, 6) is -0.154. The van der Waals surface area contributed by atoms with Crippen molar-refractivity contribution in [3.63, 3.8) is 0 Å². The van der Waals surface area contributed by atoms with Crippen LogP contribution < -0.4 is 10.0 Å². The van der Waals surface area contributed by atoms with Crippen LogP contribution in [0.15, 0.2) is 23.1 Å². The van der Waals surface area contributed by atoms with Gasteiger partial charge in [-0.15, -0.1) is 0 Å². The van der Waals surface area contributed by atoms with Gasteiger partial charge in [-0.1, -0.05) is 0 Å². The lowest BCUT2D eigenvalue weighted by atomic mass is 10.1. The van der Waals surface area contributed by atoms with Gasteiger partial charge in [0.1, 0.15) is 0 Å². The van der Waals surface area contributed by atoms with Crippen LogP contribution in [0.3, 0.4) is 0 Å². The maximum Gasteiger partial charge on any atom is 0.256 e. The second-order valence-corrected chi connectivity index (χ2v) is 9.61. The highest BCUT2D eigenvalue weighted by molar-refractivity contribution is 7.89. The van der Waals surface area contributed by atoms with Crippen molar-refractivity contribution >= 4 is 21.6 Å². The van der Waals surface area contributed by atoms with E-state index in [-0.39, 0.29) is 10.8 Å². The van der Waals surface area contributed by atoms with E-state index < -0.39 is 10.0 Å². The Bertz CT molecular complexity index is 858. The van der Waals surface area contributed by atoms with Gasteiger partial charge in [0.15, 0.2) is 0 Å². The first-order valence-electron chi connectivity index (χ1n) is 10.5. The summed E-state index contributed by atoms with van der Waals surface area (Å²) in [4.78, 5) is 19.5. The maximum absolute atomic E-state index is 13.4. The van der Waals surface area contributed by atoms with Crippen LogP contribution in [-0.2, 0) is 19.5 Å². The Balaban J connectivity index is 1.50. The average Bonchev–Trinajstić information content (AvgIpc) is 3.26. The minimum absolute atomic E-state index is 0.0418. The summed E-state index contributed by atoms with van der Waals surface area (Å²) in [7, 11) is -3.90. The highest BCUT2D eigenvalue weighted by atomic mass is 32.2. The van der Waals surface area contributed by atoms with Gasteiger partial charge in [0.25, 0.3) is 5.91 Å². The molecule has 3 heterocycles. The van der Waals surface area contributed by atoms with Gasteiger partial charge in [-0.05, 0) is 31.0 Å². The van der Waals surface area contributed by atoms with Crippen LogP contribution in [0.5, 0.6) is 0 Å². The number of amides is 1. The first-order valence-corrected chi connectivity index (χ1v) is 12.1. The Labute approximate surface area is 177 Å². The summed E-state index contributed by atoms with van der Waals surface area (Å²) >= 11 is 0. The minimum atomic E-state index is -3.90. The molecule has 1 atom stereocenters. The summed E-state index contributed by atoms with van der Waals surface area (Å²) in [6, 6.07) is 4.57. The van der Waals surface area contributed by atoms with E-state index in [1.807, 2.05) is 0 Å². The number of carbonyl (C=O) groups excluding carboxylic acids is 1. The molecule has 2 N–H and O–H groups in total. The zero-order chi connectivity index (χ0) is 21.1. The van der Waals surface area contributed by atoms with Crippen molar-refractivity contribution in [2.75, 3.05) is 70.5 Å². The highest BCUT2D eigenvalue weighted by Gasteiger charge is 2.28. The topological polar surface area (TPSA) is 105 Å². The molecule has 0 aromatic heterocycles. The van der Waals surface area contributed by atoms with Crippen LogP contribution >= 0.6 is 0 Å². The zero-order valence-electron chi connectivity index (χ0n) is 17.2. The largest absolute Gasteiger partial charge is 0.378 e. The van der Waals surface area contributed by atoms with Gasteiger partial charge in [0.05, 0.1) is 29.8 Å². The molecular formula is C20H30N4O5S. The van der Waals surface area contributed by atoms with Crippen LogP contribution in [-0.4, -0.2) is 95.9 Å². The molecule has 3 fully saturated rings. The van der Waals surface area contributed by atoms with E-state index >= 15 is 0 Å². The van der Waals surface area contributed by atoms with Crippen LogP contribution in [0.1, 0.15) is 23.2 Å². The molecule has 3 aliphatic rings. The molecule has 1 aromatic rings. The molecule has 0 spiro atoms. The number of anilines is 1. The number of rotatable bonds is 5. The van der Waals surface area contributed by atoms with Gasteiger partial charge in [0.2, 0.25) is 10.0 Å². The predicted molar refractivity (Wildman–Crippen MR) is 112 cm³/mol. The Kier molecular flexibility index (Phi) is 6.59. The lowest BCUT2D eigenvalue weighted by Crippen LogP contribution is -2.50. The third-order valence-electron chi connectivity index (χ3n) is 6.02. The molecule has 10 heteroatoms. The molecule has 0 bridgehead atoms. The molecule has 3 aliphatic heterocycles. The van der Waals surface area contributed by atoms with Crippen molar-refractivity contribution in [1.29, 1.82) is 0 Å². The number of ether oxygens (including phenoxy) is 2. The van der Waals surface area contributed by atoms with Gasteiger partial charge < -0.3 is 19.3 Å². The van der Waals surface area contributed by atoms with E-state index in [2.05, 4.69) is 9.80 Å². The van der Waals surface area contributed by atoms with E-state index in [1.165, 1.54) is 12.1 Å². The van der Waals surface area contributed by atoms with E-state index in [0.29, 0.717) is 51.1 Å². The number of benzene rings is 1. The normalized spacial score (nSPS) is 23.7. The Morgan fingerprint density at radius 1 is 1.07 bits per heavy atom. The van der Waals surface area contributed by atoms with Crippen molar-refractivity contribution in [1.82, 2.24) is 9.80 Å². The Hall–Kier alpha value is -1.72. The van der Waals surface area contributed by atoms with Gasteiger partial charge in [-0.25, -0.2) is 13.6 Å². The van der Waals surface area contributed by atoms with Crippen molar-refractivity contribution in [3.05, 3.63) is 23.8 Å².